The number of hydrogen-bond donors (Lipinski definition) is 1. The summed E-state index contributed by atoms with van der Waals surface area (Å²) in [4.78, 5) is 33.1. The molecule has 0 aliphatic carbocycles. The van der Waals surface area contributed by atoms with E-state index in [1.807, 2.05) is 13.0 Å². The van der Waals surface area contributed by atoms with E-state index in [-0.39, 0.29) is 54.0 Å². The van der Waals surface area contributed by atoms with E-state index in [0.29, 0.717) is 24.1 Å². The first kappa shape index (κ1) is 29.5. The second kappa shape index (κ2) is 13.0. The summed E-state index contributed by atoms with van der Waals surface area (Å²) in [5.74, 6) is -0.166. The average Bonchev–Trinajstić information content (AvgIpc) is 3.42. The molecule has 3 rings (SSSR count). The van der Waals surface area contributed by atoms with Crippen LogP contribution in [0.25, 0.3) is 5.57 Å². The predicted octanol–water partition coefficient (Wildman–Crippen LogP) is 5.46. The number of aromatic nitrogens is 2. The molecule has 1 aliphatic rings. The molecule has 1 aromatic heterocycles. The van der Waals surface area contributed by atoms with Crippen LogP contribution in [0.2, 0.25) is 0 Å². The first-order valence-electron chi connectivity index (χ1n) is 11.8. The summed E-state index contributed by atoms with van der Waals surface area (Å²) in [6.07, 6.45) is 3.59. The van der Waals surface area contributed by atoms with Crippen LogP contribution in [-0.2, 0) is 13.5 Å². The molecule has 2 N–H and O–H groups in total. The van der Waals surface area contributed by atoms with E-state index in [1.54, 1.807) is 12.1 Å². The van der Waals surface area contributed by atoms with Gasteiger partial charge in [-0.3, -0.25) is 14.6 Å². The van der Waals surface area contributed by atoms with Crippen LogP contribution in [0.3, 0.4) is 0 Å². The predicted molar refractivity (Wildman–Crippen MR) is 137 cm³/mol. The van der Waals surface area contributed by atoms with Crippen molar-refractivity contribution in [2.24, 2.45) is 17.8 Å². The van der Waals surface area contributed by atoms with Crippen molar-refractivity contribution in [1.82, 2.24) is 9.55 Å². The van der Waals surface area contributed by atoms with Crippen LogP contribution in [0, 0.1) is 6.92 Å². The number of imidazole rings is 1. The van der Waals surface area contributed by atoms with E-state index in [2.05, 4.69) is 9.98 Å². The fourth-order valence-electron chi connectivity index (χ4n) is 4.31. The smallest absolute Gasteiger partial charge is 0.330 e. The number of alkyl halides is 3. The van der Waals surface area contributed by atoms with Crippen molar-refractivity contribution >= 4 is 35.3 Å². The Balaban J connectivity index is 0.00000456. The van der Waals surface area contributed by atoms with Gasteiger partial charge < -0.3 is 10.3 Å². The van der Waals surface area contributed by atoms with Gasteiger partial charge in [0.25, 0.3) is 0 Å². The Morgan fingerprint density at radius 3 is 2.44 bits per heavy atom. The highest BCUT2D eigenvalue weighted by molar-refractivity contribution is 6.27. The van der Waals surface area contributed by atoms with Crippen molar-refractivity contribution in [2.45, 2.75) is 58.0 Å². The summed E-state index contributed by atoms with van der Waals surface area (Å²) < 4.78 is 41.1. The zero-order chi connectivity index (χ0) is 25.6. The topological polar surface area (TPSA) is 90.3 Å². The first-order chi connectivity index (χ1) is 16.6. The van der Waals surface area contributed by atoms with Gasteiger partial charge in [-0.15, -0.1) is 12.4 Å². The molecule has 2 aromatic rings. The van der Waals surface area contributed by atoms with Crippen LogP contribution in [0.15, 0.2) is 35.5 Å². The lowest BCUT2D eigenvalue weighted by molar-refractivity contribution is -0.0571. The first-order valence-corrected chi connectivity index (χ1v) is 11.8. The summed E-state index contributed by atoms with van der Waals surface area (Å²) in [6.45, 7) is 2.48. The summed E-state index contributed by atoms with van der Waals surface area (Å²) in [6, 6.07) is 5.30. The number of nitrogens with two attached hydrogens (primary N) is 1. The average molecular weight is 525 g/mol. The van der Waals surface area contributed by atoms with Gasteiger partial charge in [-0.1, -0.05) is 43.5 Å². The molecule has 1 aromatic carbocycles. The molecule has 0 amide bonds. The van der Waals surface area contributed by atoms with Crippen LogP contribution in [0.5, 0.6) is 0 Å². The van der Waals surface area contributed by atoms with Crippen LogP contribution in [0.1, 0.15) is 76.3 Å². The molecule has 1 aliphatic heterocycles. The molecule has 6 nitrogen and oxygen atoms in total. The molecular formula is C26H32ClF3N4O2. The molecule has 0 spiro atoms. The number of aryl methyl sites for hydroxylation is 1. The lowest BCUT2D eigenvalue weighted by Crippen LogP contribution is -2.23. The zero-order valence-corrected chi connectivity index (χ0v) is 21.3. The van der Waals surface area contributed by atoms with Gasteiger partial charge in [0.2, 0.25) is 5.78 Å². The minimum atomic E-state index is -4.57. The van der Waals surface area contributed by atoms with Gasteiger partial charge >= 0.3 is 6.18 Å². The quantitative estimate of drug-likeness (QED) is 0.295. The number of halogens is 4. The monoisotopic (exact) mass is 524 g/mol. The van der Waals surface area contributed by atoms with E-state index in [1.165, 1.54) is 23.9 Å². The Kier molecular flexibility index (Phi) is 10.6. The lowest BCUT2D eigenvalue weighted by Gasteiger charge is -2.12. The van der Waals surface area contributed by atoms with E-state index in [4.69, 9.17) is 5.73 Å². The number of hydrogen-bond acceptors (Lipinski definition) is 5. The number of rotatable bonds is 12. The van der Waals surface area contributed by atoms with Gasteiger partial charge in [-0.05, 0) is 37.4 Å². The van der Waals surface area contributed by atoms with Gasteiger partial charge in [0.1, 0.15) is 5.71 Å². The van der Waals surface area contributed by atoms with Gasteiger partial charge in [-0.25, -0.2) is 4.98 Å². The molecule has 0 fully saturated rings. The Morgan fingerprint density at radius 1 is 1.08 bits per heavy atom. The number of carbonyl (C=O) groups is 2. The number of ketones is 2. The van der Waals surface area contributed by atoms with Gasteiger partial charge in [-0.2, -0.15) is 13.2 Å². The lowest BCUT2D eigenvalue weighted by atomic mass is 9.96. The Morgan fingerprint density at radius 2 is 1.78 bits per heavy atom. The summed E-state index contributed by atoms with van der Waals surface area (Å²) in [5.41, 5.74) is 6.83. The van der Waals surface area contributed by atoms with Crippen molar-refractivity contribution in [3.8, 4) is 0 Å². The maximum atomic E-state index is 13.2. The normalized spacial score (nSPS) is 13.3. The van der Waals surface area contributed by atoms with Crippen LogP contribution in [0.4, 0.5) is 13.2 Å². The molecule has 0 radical (unpaired) electrons. The van der Waals surface area contributed by atoms with Gasteiger partial charge in [0.15, 0.2) is 11.6 Å². The highest BCUT2D eigenvalue weighted by Crippen LogP contribution is 2.31. The summed E-state index contributed by atoms with van der Waals surface area (Å²) in [5, 5.41) is 0. The van der Waals surface area contributed by atoms with Crippen molar-refractivity contribution in [1.29, 1.82) is 0 Å². The number of benzene rings is 1. The number of unbranched alkanes of at least 4 members (excludes halogenated alkanes) is 4. The number of Topliss-reactive ketones (excluding diaryl/α,β-unsaturated/α-hetero) is 2. The Hall–Kier alpha value is -2.78. The fourth-order valence-corrected chi connectivity index (χ4v) is 4.31. The third-order valence-corrected chi connectivity index (χ3v) is 6.15. The van der Waals surface area contributed by atoms with Crippen molar-refractivity contribution < 1.29 is 22.8 Å². The number of allylic oxidation sites excluding steroid dienone is 1. The second-order valence-corrected chi connectivity index (χ2v) is 8.81. The third kappa shape index (κ3) is 7.13. The minimum absolute atomic E-state index is 0. The largest absolute Gasteiger partial charge is 0.433 e. The maximum Gasteiger partial charge on any atom is 0.433 e. The summed E-state index contributed by atoms with van der Waals surface area (Å²) >= 11 is 0. The summed E-state index contributed by atoms with van der Waals surface area (Å²) in [7, 11) is 1.52. The molecule has 2 heterocycles. The number of nitrogens with zero attached hydrogens (tertiary/aromatic N) is 3. The van der Waals surface area contributed by atoms with Gasteiger partial charge in [0, 0.05) is 31.0 Å². The van der Waals surface area contributed by atoms with Crippen molar-refractivity contribution in [2.75, 3.05) is 13.1 Å². The molecule has 0 bridgehead atoms. The minimum Gasteiger partial charge on any atom is -0.330 e. The third-order valence-electron chi connectivity index (χ3n) is 6.15. The van der Waals surface area contributed by atoms with Crippen LogP contribution in [-0.4, -0.2) is 46.1 Å². The van der Waals surface area contributed by atoms with Crippen molar-refractivity contribution in [3.63, 3.8) is 0 Å². The van der Waals surface area contributed by atoms with Gasteiger partial charge in [0.05, 0.1) is 18.4 Å². The molecule has 36 heavy (non-hydrogen) atoms. The molecule has 196 valence electrons. The van der Waals surface area contributed by atoms with Crippen LogP contribution >= 0.6 is 12.4 Å². The highest BCUT2D eigenvalue weighted by Gasteiger charge is 2.40. The Bertz CT molecular complexity index is 1150. The Labute approximate surface area is 215 Å². The van der Waals surface area contributed by atoms with E-state index < -0.39 is 11.9 Å². The van der Waals surface area contributed by atoms with E-state index in [0.717, 1.165) is 37.7 Å². The highest BCUT2D eigenvalue weighted by atomic mass is 35.5. The van der Waals surface area contributed by atoms with E-state index in [9.17, 15) is 22.8 Å². The molecular weight excluding hydrogens is 493 g/mol. The molecule has 0 unspecified atom stereocenters. The zero-order valence-electron chi connectivity index (χ0n) is 20.5. The standard InChI is InChI=1S/C26H31F3N4O2.ClH/c1-17-14-18(9-10-19(17)22(34)8-6-4-3-5-7-12-30)15-23(35)25-32-16-21(33(25)2)20-11-13-31-24(20)26(27,28)29;/h9-11,14,16H,3-8,12-13,15,30H2,1-2H3;1H. The second-order valence-electron chi connectivity index (χ2n) is 8.81. The van der Waals surface area contributed by atoms with E-state index >= 15 is 0 Å². The molecule has 0 saturated heterocycles. The number of carbonyl (C=O) groups excluding carboxylic acids is 2. The maximum absolute atomic E-state index is 13.2. The van der Waals surface area contributed by atoms with Crippen LogP contribution < -0.4 is 5.73 Å². The SMILES string of the molecule is Cc1cc(CC(=O)c2ncc(C3=CCN=C3C(F)(F)F)n2C)ccc1C(=O)CCCCCCCN.Cl. The molecule has 0 atom stereocenters. The molecule has 0 saturated carbocycles. The fraction of sp³-hybridized carbons (Fsp3) is 0.462. The van der Waals surface area contributed by atoms with Crippen molar-refractivity contribution in [3.05, 3.63) is 58.7 Å². The molecule has 10 heteroatoms. The number of aliphatic imine (C=N–C) groups is 1.